The van der Waals surface area contributed by atoms with Crippen LogP contribution < -0.4 is 5.73 Å². The lowest BCUT2D eigenvalue weighted by Gasteiger charge is -2.42. The molecule has 3 atom stereocenters. The van der Waals surface area contributed by atoms with E-state index in [0.717, 1.165) is 24.3 Å². The van der Waals surface area contributed by atoms with Crippen LogP contribution in [0.2, 0.25) is 0 Å². The van der Waals surface area contributed by atoms with Crippen LogP contribution in [0.1, 0.15) is 24.9 Å². The van der Waals surface area contributed by atoms with E-state index in [-0.39, 0.29) is 12.1 Å². The first-order valence-electron chi connectivity index (χ1n) is 6.75. The van der Waals surface area contributed by atoms with Gasteiger partial charge in [0.1, 0.15) is 5.37 Å². The largest absolute Gasteiger partial charge is 0.326 e. The van der Waals surface area contributed by atoms with Gasteiger partial charge in [-0.25, -0.2) is 8.42 Å². The van der Waals surface area contributed by atoms with Gasteiger partial charge in [0, 0.05) is 30.3 Å². The van der Waals surface area contributed by atoms with Crippen molar-refractivity contribution < 1.29 is 8.42 Å². The fraction of sp³-hybridized carbons (Fsp3) is 0.692. The average molecular weight is 335 g/mol. The number of thioether (sulfide) groups is 1. The zero-order chi connectivity index (χ0) is 14.8. The van der Waals surface area contributed by atoms with Crippen LogP contribution in [0.5, 0.6) is 0 Å². The van der Waals surface area contributed by atoms with Crippen LogP contribution in [0.3, 0.4) is 0 Å². The third-order valence-electron chi connectivity index (χ3n) is 3.74. The van der Waals surface area contributed by atoms with Gasteiger partial charge in [-0.1, -0.05) is 6.92 Å². The predicted molar refractivity (Wildman–Crippen MR) is 88.0 cm³/mol. The highest BCUT2D eigenvalue weighted by molar-refractivity contribution is 8.00. The lowest BCUT2D eigenvalue weighted by molar-refractivity contribution is 0.165. The highest BCUT2D eigenvalue weighted by Gasteiger charge is 2.38. The standard InChI is InChI=1S/C13H22N2O2S3/c1-3-11(14)13(10-4-6-18-8-10)15-5-7-19-9-12(15)20(2,16)17/h4,6,8,11-13H,3,5,7,9,14H2,1-2H3. The smallest absolute Gasteiger partial charge is 0.164 e. The molecule has 3 unspecified atom stereocenters. The Kier molecular flexibility index (Phi) is 5.53. The molecule has 0 aliphatic carbocycles. The van der Waals surface area contributed by atoms with Crippen LogP contribution in [0.25, 0.3) is 0 Å². The third kappa shape index (κ3) is 3.57. The fourth-order valence-corrected chi connectivity index (χ4v) is 6.23. The third-order valence-corrected chi connectivity index (χ3v) is 7.10. The number of thiophene rings is 1. The summed E-state index contributed by atoms with van der Waals surface area (Å²) in [6.07, 6.45) is 2.17. The van der Waals surface area contributed by atoms with Gasteiger partial charge in [-0.2, -0.15) is 23.1 Å². The molecular formula is C13H22N2O2S3. The van der Waals surface area contributed by atoms with Crippen LogP contribution in [-0.2, 0) is 9.84 Å². The molecule has 0 radical (unpaired) electrons. The molecule has 4 nitrogen and oxygen atoms in total. The topological polar surface area (TPSA) is 63.4 Å². The van der Waals surface area contributed by atoms with E-state index in [9.17, 15) is 8.42 Å². The van der Waals surface area contributed by atoms with Crippen molar-refractivity contribution >= 4 is 32.9 Å². The van der Waals surface area contributed by atoms with Crippen molar-refractivity contribution in [1.82, 2.24) is 4.90 Å². The summed E-state index contributed by atoms with van der Waals surface area (Å²) in [5.74, 6) is 1.60. The predicted octanol–water partition coefficient (Wildman–Crippen LogP) is 1.95. The number of rotatable bonds is 5. The van der Waals surface area contributed by atoms with Crippen molar-refractivity contribution in [2.45, 2.75) is 30.8 Å². The molecule has 1 saturated heterocycles. The number of sulfone groups is 1. The molecular weight excluding hydrogens is 312 g/mol. The Morgan fingerprint density at radius 1 is 1.55 bits per heavy atom. The molecule has 0 saturated carbocycles. The quantitative estimate of drug-likeness (QED) is 0.891. The second-order valence-corrected chi connectivity index (χ2v) is 9.30. The minimum Gasteiger partial charge on any atom is -0.326 e. The molecule has 1 fully saturated rings. The molecule has 1 aliphatic rings. The minimum absolute atomic E-state index is 0.00752. The maximum Gasteiger partial charge on any atom is 0.164 e. The van der Waals surface area contributed by atoms with Gasteiger partial charge >= 0.3 is 0 Å². The molecule has 2 rings (SSSR count). The van der Waals surface area contributed by atoms with Crippen LogP contribution >= 0.6 is 23.1 Å². The van der Waals surface area contributed by atoms with E-state index in [1.54, 1.807) is 23.1 Å². The Balaban J connectivity index is 2.35. The van der Waals surface area contributed by atoms with Gasteiger partial charge in [-0.15, -0.1) is 0 Å². The van der Waals surface area contributed by atoms with Gasteiger partial charge in [-0.05, 0) is 28.8 Å². The van der Waals surface area contributed by atoms with E-state index >= 15 is 0 Å². The lowest BCUT2D eigenvalue weighted by Crippen LogP contribution is -2.52. The van der Waals surface area contributed by atoms with Gasteiger partial charge in [0.15, 0.2) is 9.84 Å². The SMILES string of the molecule is CCC(N)C(c1ccsc1)N1CCSCC1S(C)(=O)=O. The summed E-state index contributed by atoms with van der Waals surface area (Å²) in [6, 6.07) is 2.01. The number of nitrogens with two attached hydrogens (primary N) is 1. The number of hydrogen-bond donors (Lipinski definition) is 1. The summed E-state index contributed by atoms with van der Waals surface area (Å²) in [5, 5.41) is 3.68. The first kappa shape index (κ1) is 16.3. The Morgan fingerprint density at radius 3 is 2.85 bits per heavy atom. The van der Waals surface area contributed by atoms with Crippen molar-refractivity contribution in [1.29, 1.82) is 0 Å². The minimum atomic E-state index is -3.10. The highest BCUT2D eigenvalue weighted by atomic mass is 32.2. The average Bonchev–Trinajstić information content (AvgIpc) is 2.92. The van der Waals surface area contributed by atoms with Crippen molar-refractivity contribution in [2.75, 3.05) is 24.3 Å². The fourth-order valence-electron chi connectivity index (χ4n) is 2.63. The van der Waals surface area contributed by atoms with E-state index in [0.29, 0.717) is 5.75 Å². The lowest BCUT2D eigenvalue weighted by atomic mass is 9.98. The molecule has 2 heterocycles. The molecule has 20 heavy (non-hydrogen) atoms. The zero-order valence-electron chi connectivity index (χ0n) is 11.9. The van der Waals surface area contributed by atoms with Crippen molar-refractivity contribution in [2.24, 2.45) is 5.73 Å². The van der Waals surface area contributed by atoms with E-state index in [1.165, 1.54) is 6.26 Å². The normalized spacial score (nSPS) is 24.4. The monoisotopic (exact) mass is 334 g/mol. The summed E-state index contributed by atoms with van der Waals surface area (Å²) < 4.78 is 24.2. The highest BCUT2D eigenvalue weighted by Crippen LogP contribution is 2.33. The Morgan fingerprint density at radius 2 is 2.30 bits per heavy atom. The summed E-state index contributed by atoms with van der Waals surface area (Å²) >= 11 is 3.34. The van der Waals surface area contributed by atoms with Gasteiger partial charge in [0.2, 0.25) is 0 Å². The van der Waals surface area contributed by atoms with E-state index in [2.05, 4.69) is 23.3 Å². The maximum atomic E-state index is 12.1. The Hall–Kier alpha value is -0.0800. The summed E-state index contributed by atoms with van der Waals surface area (Å²) in [5.41, 5.74) is 7.45. The van der Waals surface area contributed by atoms with Crippen molar-refractivity contribution in [3.63, 3.8) is 0 Å². The van der Waals surface area contributed by atoms with Gasteiger partial charge in [0.05, 0.1) is 6.04 Å². The second-order valence-electron chi connectivity index (χ2n) is 5.17. The molecule has 2 N–H and O–H groups in total. The zero-order valence-corrected chi connectivity index (χ0v) is 14.3. The van der Waals surface area contributed by atoms with E-state index < -0.39 is 15.2 Å². The molecule has 1 aromatic rings. The Bertz CT molecular complexity index is 516. The Labute approximate surface area is 129 Å². The molecule has 0 spiro atoms. The van der Waals surface area contributed by atoms with Gasteiger partial charge < -0.3 is 5.73 Å². The number of hydrogen-bond acceptors (Lipinski definition) is 6. The first-order valence-corrected chi connectivity index (χ1v) is 10.8. The van der Waals surface area contributed by atoms with E-state index in [4.69, 9.17) is 5.73 Å². The molecule has 114 valence electrons. The van der Waals surface area contributed by atoms with Crippen LogP contribution in [0.15, 0.2) is 16.8 Å². The van der Waals surface area contributed by atoms with E-state index in [1.807, 2.05) is 5.38 Å². The molecule has 0 aromatic carbocycles. The van der Waals surface area contributed by atoms with Gasteiger partial charge in [-0.3, -0.25) is 4.90 Å². The molecule has 1 aliphatic heterocycles. The summed E-state index contributed by atoms with van der Waals surface area (Å²) in [4.78, 5) is 2.10. The number of nitrogens with zero attached hydrogens (tertiary/aromatic N) is 1. The molecule has 7 heteroatoms. The van der Waals surface area contributed by atoms with Crippen LogP contribution in [0.4, 0.5) is 0 Å². The second kappa shape index (κ2) is 6.79. The van der Waals surface area contributed by atoms with Gasteiger partial charge in [0.25, 0.3) is 0 Å². The molecule has 1 aromatic heterocycles. The van der Waals surface area contributed by atoms with Crippen LogP contribution in [0, 0.1) is 0 Å². The molecule has 0 amide bonds. The maximum absolute atomic E-state index is 12.1. The summed E-state index contributed by atoms with van der Waals surface area (Å²) in [7, 11) is -3.10. The van der Waals surface area contributed by atoms with Crippen LogP contribution in [-0.4, -0.2) is 49.0 Å². The summed E-state index contributed by atoms with van der Waals surface area (Å²) in [6.45, 7) is 2.83. The van der Waals surface area contributed by atoms with Crippen molar-refractivity contribution in [3.05, 3.63) is 22.4 Å². The molecule has 0 bridgehead atoms. The first-order chi connectivity index (χ1) is 9.45. The van der Waals surface area contributed by atoms with Crippen molar-refractivity contribution in [3.8, 4) is 0 Å².